The van der Waals surface area contributed by atoms with Crippen LogP contribution in [-0.2, 0) is 28.9 Å². The van der Waals surface area contributed by atoms with Crippen molar-refractivity contribution in [2.75, 3.05) is 11.9 Å². The fraction of sp³-hybridized carbons (Fsp3) is 0.400. The summed E-state index contributed by atoms with van der Waals surface area (Å²) < 4.78 is 21.3. The normalized spacial score (nSPS) is 18.3. The minimum Gasteiger partial charge on any atom is -0.376 e. The summed E-state index contributed by atoms with van der Waals surface area (Å²) >= 11 is 1.37. The second-order valence-electron chi connectivity index (χ2n) is 8.65. The molecule has 1 N–H and O–H groups in total. The number of rotatable bonds is 7. The molecule has 8 heteroatoms. The molecule has 5 rings (SSSR count). The lowest BCUT2D eigenvalue weighted by molar-refractivity contribution is -0.115. The van der Waals surface area contributed by atoms with Crippen LogP contribution in [0.2, 0.25) is 0 Å². The number of aromatic nitrogens is 3. The Morgan fingerprint density at radius 2 is 2.00 bits per heavy atom. The lowest BCUT2D eigenvalue weighted by Gasteiger charge is -2.17. The van der Waals surface area contributed by atoms with Crippen molar-refractivity contribution in [1.82, 2.24) is 14.8 Å². The molecule has 1 saturated heterocycles. The molecule has 2 aliphatic rings. The Balaban J connectivity index is 1.34. The Morgan fingerprint density at radius 1 is 1.18 bits per heavy atom. The summed E-state index contributed by atoms with van der Waals surface area (Å²) in [6.45, 7) is 3.22. The van der Waals surface area contributed by atoms with E-state index in [0.717, 1.165) is 43.5 Å². The van der Waals surface area contributed by atoms with E-state index in [-0.39, 0.29) is 23.1 Å². The van der Waals surface area contributed by atoms with Gasteiger partial charge in [-0.3, -0.25) is 9.36 Å². The molecular weight excluding hydrogens is 439 g/mol. The molecule has 1 aliphatic heterocycles. The highest BCUT2D eigenvalue weighted by Crippen LogP contribution is 2.30. The molecule has 0 unspecified atom stereocenters. The van der Waals surface area contributed by atoms with Gasteiger partial charge in [0.15, 0.2) is 11.0 Å². The lowest BCUT2D eigenvalue weighted by atomic mass is 10.1. The minimum atomic E-state index is -0.369. The molecule has 0 bridgehead atoms. The van der Waals surface area contributed by atoms with Crippen molar-refractivity contribution in [1.29, 1.82) is 0 Å². The molecule has 1 amide bonds. The van der Waals surface area contributed by atoms with Gasteiger partial charge in [-0.1, -0.05) is 17.8 Å². The average Bonchev–Trinajstić information content (AvgIpc) is 3.57. The molecule has 172 valence electrons. The van der Waals surface area contributed by atoms with E-state index in [1.54, 1.807) is 12.1 Å². The van der Waals surface area contributed by atoms with Crippen molar-refractivity contribution in [3.8, 4) is 11.4 Å². The monoisotopic (exact) mass is 466 g/mol. The summed E-state index contributed by atoms with van der Waals surface area (Å²) in [5.41, 5.74) is 4.32. The molecule has 0 spiro atoms. The topological polar surface area (TPSA) is 69.0 Å². The number of benzene rings is 2. The molecule has 6 nitrogen and oxygen atoms in total. The van der Waals surface area contributed by atoms with Crippen LogP contribution in [0.15, 0.2) is 47.6 Å². The second-order valence-corrected chi connectivity index (χ2v) is 9.95. The van der Waals surface area contributed by atoms with Crippen LogP contribution in [0.25, 0.3) is 11.4 Å². The summed E-state index contributed by atoms with van der Waals surface area (Å²) in [5, 5.41) is 12.1. The highest BCUT2D eigenvalue weighted by Gasteiger charge is 2.25. The first-order valence-corrected chi connectivity index (χ1v) is 12.3. The maximum atomic E-state index is 13.4. The number of nitrogens with one attached hydrogen (secondary N) is 1. The Kier molecular flexibility index (Phi) is 6.46. The molecule has 1 aliphatic carbocycles. The van der Waals surface area contributed by atoms with Gasteiger partial charge in [-0.05, 0) is 86.6 Å². The number of carbonyl (C=O) groups is 1. The van der Waals surface area contributed by atoms with Crippen molar-refractivity contribution in [2.45, 2.75) is 62.1 Å². The summed E-state index contributed by atoms with van der Waals surface area (Å²) in [7, 11) is 0. The second kappa shape index (κ2) is 9.65. The minimum absolute atomic E-state index is 0.0760. The first-order chi connectivity index (χ1) is 16.1. The van der Waals surface area contributed by atoms with Gasteiger partial charge in [0.25, 0.3) is 0 Å². The average molecular weight is 467 g/mol. The van der Waals surface area contributed by atoms with E-state index in [1.807, 2.05) is 17.6 Å². The molecule has 0 radical (unpaired) electrons. The summed E-state index contributed by atoms with van der Waals surface area (Å²) in [4.78, 5) is 12.9. The number of halogens is 1. The van der Waals surface area contributed by atoms with Crippen LogP contribution >= 0.6 is 11.8 Å². The van der Waals surface area contributed by atoms with E-state index < -0.39 is 0 Å². The highest BCUT2D eigenvalue weighted by atomic mass is 32.2. The summed E-state index contributed by atoms with van der Waals surface area (Å²) in [5.74, 6) is 0.280. The van der Waals surface area contributed by atoms with Crippen molar-refractivity contribution in [3.05, 3.63) is 59.4 Å². The maximum Gasteiger partial charge on any atom is 0.237 e. The zero-order chi connectivity index (χ0) is 22.8. The van der Waals surface area contributed by atoms with Gasteiger partial charge in [0.05, 0.1) is 17.9 Å². The summed E-state index contributed by atoms with van der Waals surface area (Å²) in [6, 6.07) is 12.4. The Morgan fingerprint density at radius 3 is 2.79 bits per heavy atom. The molecule has 33 heavy (non-hydrogen) atoms. The molecule has 1 aromatic heterocycles. The predicted octanol–water partition coefficient (Wildman–Crippen LogP) is 4.87. The van der Waals surface area contributed by atoms with Crippen molar-refractivity contribution in [3.63, 3.8) is 0 Å². The number of fused-ring (bicyclic) bond motifs is 1. The van der Waals surface area contributed by atoms with Crippen LogP contribution in [-0.4, -0.2) is 38.6 Å². The van der Waals surface area contributed by atoms with E-state index in [9.17, 15) is 9.18 Å². The zero-order valence-electron chi connectivity index (χ0n) is 18.6. The third-order valence-electron chi connectivity index (χ3n) is 6.25. The number of hydrogen-bond acceptors (Lipinski definition) is 5. The van der Waals surface area contributed by atoms with Crippen LogP contribution in [0.5, 0.6) is 0 Å². The van der Waals surface area contributed by atoms with Gasteiger partial charge < -0.3 is 10.1 Å². The summed E-state index contributed by atoms with van der Waals surface area (Å²) in [6.07, 6.45) is 5.44. The van der Waals surface area contributed by atoms with E-state index in [0.29, 0.717) is 17.5 Å². The fourth-order valence-corrected chi connectivity index (χ4v) is 5.31. The molecule has 2 heterocycles. The highest BCUT2D eigenvalue weighted by molar-refractivity contribution is 8.00. The number of carbonyl (C=O) groups excluding carboxylic acids is 1. The lowest BCUT2D eigenvalue weighted by Crippen LogP contribution is -2.23. The van der Waals surface area contributed by atoms with E-state index in [1.165, 1.54) is 41.4 Å². The van der Waals surface area contributed by atoms with Crippen LogP contribution in [0.1, 0.15) is 37.3 Å². The van der Waals surface area contributed by atoms with E-state index in [2.05, 4.69) is 27.6 Å². The van der Waals surface area contributed by atoms with E-state index >= 15 is 0 Å². The standard InChI is InChI=1S/C25H27FN4O2S/c1-16(24(31)27-21-12-9-17-4-2-5-19(17)14-21)33-25-29-28-23(18-7-10-20(26)11-8-18)30(25)15-22-6-3-13-32-22/h7-12,14,16,22H,2-6,13,15H2,1H3,(H,27,31)/t16-,22+/m1/s1. The fourth-order valence-electron chi connectivity index (χ4n) is 4.45. The van der Waals surface area contributed by atoms with Gasteiger partial charge in [-0.25, -0.2) is 4.39 Å². The van der Waals surface area contributed by atoms with Crippen LogP contribution in [0.4, 0.5) is 10.1 Å². The number of ether oxygens (including phenoxy) is 1. The van der Waals surface area contributed by atoms with Gasteiger partial charge in [0.2, 0.25) is 5.91 Å². The third-order valence-corrected chi connectivity index (χ3v) is 7.33. The smallest absolute Gasteiger partial charge is 0.237 e. The third kappa shape index (κ3) is 4.96. The Labute approximate surface area is 196 Å². The molecule has 2 aromatic carbocycles. The van der Waals surface area contributed by atoms with Gasteiger partial charge in [0, 0.05) is 17.9 Å². The van der Waals surface area contributed by atoms with Crippen LogP contribution in [0, 0.1) is 5.82 Å². The number of hydrogen-bond donors (Lipinski definition) is 1. The Hall–Kier alpha value is -2.71. The van der Waals surface area contributed by atoms with Gasteiger partial charge in [-0.2, -0.15) is 0 Å². The SMILES string of the molecule is C[C@@H](Sc1nnc(-c2ccc(F)cc2)n1C[C@@H]1CCCO1)C(=O)Nc1ccc2c(c1)CCC2. The molecular formula is C25H27FN4O2S. The Bertz CT molecular complexity index is 1140. The number of thioether (sulfide) groups is 1. The quantitative estimate of drug-likeness (QED) is 0.503. The molecule has 0 saturated carbocycles. The maximum absolute atomic E-state index is 13.4. The van der Waals surface area contributed by atoms with Crippen molar-refractivity contribution < 1.29 is 13.9 Å². The molecule has 2 atom stereocenters. The number of nitrogens with zero attached hydrogens (tertiary/aromatic N) is 3. The zero-order valence-corrected chi connectivity index (χ0v) is 19.4. The van der Waals surface area contributed by atoms with Gasteiger partial charge in [0.1, 0.15) is 5.82 Å². The van der Waals surface area contributed by atoms with Gasteiger partial charge in [-0.15, -0.1) is 10.2 Å². The van der Waals surface area contributed by atoms with Crippen LogP contribution < -0.4 is 5.32 Å². The van der Waals surface area contributed by atoms with Gasteiger partial charge >= 0.3 is 0 Å². The molecule has 3 aromatic rings. The first-order valence-electron chi connectivity index (χ1n) is 11.5. The first kappa shape index (κ1) is 22.1. The number of aryl methyl sites for hydroxylation is 2. The predicted molar refractivity (Wildman–Crippen MR) is 127 cm³/mol. The number of amides is 1. The molecule has 1 fully saturated rings. The number of anilines is 1. The van der Waals surface area contributed by atoms with Crippen molar-refractivity contribution >= 4 is 23.4 Å². The van der Waals surface area contributed by atoms with Crippen LogP contribution in [0.3, 0.4) is 0 Å². The largest absolute Gasteiger partial charge is 0.376 e. The van der Waals surface area contributed by atoms with Crippen molar-refractivity contribution in [2.24, 2.45) is 0 Å². The van der Waals surface area contributed by atoms with E-state index in [4.69, 9.17) is 4.74 Å².